The van der Waals surface area contributed by atoms with E-state index in [0.717, 1.165) is 32.1 Å². The Bertz CT molecular complexity index is 1120. The van der Waals surface area contributed by atoms with Crippen LogP contribution in [0.15, 0.2) is 18.2 Å². The quantitative estimate of drug-likeness (QED) is 0.440. The highest BCUT2D eigenvalue weighted by atomic mass is 35.5. The Morgan fingerprint density at radius 1 is 1.10 bits per heavy atom. The molecule has 0 radical (unpaired) electrons. The highest BCUT2D eigenvalue weighted by Gasteiger charge is 2.43. The molecule has 0 bridgehead atoms. The largest absolute Gasteiger partial charge is 0.347 e. The average molecular weight is 563 g/mol. The van der Waals surface area contributed by atoms with Gasteiger partial charge in [-0.3, -0.25) is 24.0 Å². The zero-order chi connectivity index (χ0) is 28.1. The van der Waals surface area contributed by atoms with Gasteiger partial charge >= 0.3 is 0 Å². The van der Waals surface area contributed by atoms with Crippen molar-refractivity contribution in [2.45, 2.75) is 89.3 Å². The zero-order valence-corrected chi connectivity index (χ0v) is 22.9. The third-order valence-corrected chi connectivity index (χ3v) is 7.60. The van der Waals surface area contributed by atoms with E-state index in [1.807, 2.05) is 0 Å². The number of hydrogen-bond acceptors (Lipinski definition) is 7. The molecule has 1 aromatic carbocycles. The number of benzene rings is 1. The molecular weight excluding hydrogens is 528 g/mol. The van der Waals surface area contributed by atoms with Crippen molar-refractivity contribution in [2.24, 2.45) is 0 Å². The zero-order valence-electron chi connectivity index (χ0n) is 22.2. The fourth-order valence-electron chi connectivity index (χ4n) is 5.25. The number of hydrogen-bond donors (Lipinski definition) is 3. The van der Waals surface area contributed by atoms with E-state index in [4.69, 9.17) is 21.1 Å². The van der Waals surface area contributed by atoms with Crippen LogP contribution in [0, 0.1) is 0 Å². The number of anilines is 1. The van der Waals surface area contributed by atoms with Gasteiger partial charge in [-0.1, -0.05) is 30.9 Å². The van der Waals surface area contributed by atoms with E-state index in [1.54, 1.807) is 6.92 Å². The molecule has 2 aliphatic heterocycles. The Labute approximate surface area is 232 Å². The van der Waals surface area contributed by atoms with Gasteiger partial charge in [0.1, 0.15) is 24.7 Å². The molecule has 1 aliphatic carbocycles. The smallest absolute Gasteiger partial charge is 0.251 e. The van der Waals surface area contributed by atoms with Crippen LogP contribution in [0.3, 0.4) is 0 Å². The maximum absolute atomic E-state index is 13.2. The fraction of sp³-hybridized carbons (Fsp3) is 0.593. The van der Waals surface area contributed by atoms with Crippen LogP contribution in [0.25, 0.3) is 0 Å². The molecule has 3 aliphatic rings. The van der Waals surface area contributed by atoms with Crippen LogP contribution >= 0.6 is 11.6 Å². The van der Waals surface area contributed by atoms with E-state index in [2.05, 4.69) is 16.0 Å². The number of halogens is 1. The molecule has 0 spiro atoms. The molecule has 1 saturated carbocycles. The molecule has 212 valence electrons. The molecule has 2 saturated heterocycles. The van der Waals surface area contributed by atoms with Crippen molar-refractivity contribution in [1.82, 2.24) is 15.5 Å². The molecule has 3 N–H and O–H groups in total. The predicted molar refractivity (Wildman–Crippen MR) is 142 cm³/mol. The molecule has 4 rings (SSSR count). The summed E-state index contributed by atoms with van der Waals surface area (Å²) >= 11 is 6.16. The van der Waals surface area contributed by atoms with Crippen molar-refractivity contribution < 1.29 is 33.4 Å². The number of nitrogens with one attached hydrogen (secondary N) is 3. The van der Waals surface area contributed by atoms with Crippen molar-refractivity contribution in [3.63, 3.8) is 0 Å². The minimum absolute atomic E-state index is 0.000413. The normalized spacial score (nSPS) is 24.3. The molecule has 39 heavy (non-hydrogen) atoms. The van der Waals surface area contributed by atoms with Crippen LogP contribution in [0.1, 0.15) is 69.2 Å². The molecule has 2 heterocycles. The highest BCUT2D eigenvalue weighted by molar-refractivity contribution is 6.34. The second-order valence-electron chi connectivity index (χ2n) is 10.3. The summed E-state index contributed by atoms with van der Waals surface area (Å²) in [4.78, 5) is 64.4. The van der Waals surface area contributed by atoms with Gasteiger partial charge in [0.15, 0.2) is 12.1 Å². The van der Waals surface area contributed by atoms with E-state index in [-0.39, 0.29) is 35.0 Å². The number of nitrogens with zero attached hydrogens (tertiary/aromatic N) is 1. The van der Waals surface area contributed by atoms with E-state index >= 15 is 0 Å². The van der Waals surface area contributed by atoms with Crippen molar-refractivity contribution in [2.75, 3.05) is 18.5 Å². The van der Waals surface area contributed by atoms with Gasteiger partial charge in [-0.25, -0.2) is 0 Å². The Balaban J connectivity index is 1.34. The van der Waals surface area contributed by atoms with Crippen LogP contribution in [-0.2, 0) is 28.7 Å². The number of carbonyl (C=O) groups is 5. The number of ether oxygens (including phenoxy) is 2. The van der Waals surface area contributed by atoms with Gasteiger partial charge < -0.3 is 30.3 Å². The third-order valence-electron chi connectivity index (χ3n) is 7.28. The average Bonchev–Trinajstić information content (AvgIpc) is 3.52. The van der Waals surface area contributed by atoms with Crippen LogP contribution < -0.4 is 16.0 Å². The minimum atomic E-state index is -0.918. The Hall–Kier alpha value is -3.02. The number of rotatable bonds is 8. The summed E-state index contributed by atoms with van der Waals surface area (Å²) in [7, 11) is 0. The second kappa shape index (κ2) is 12.9. The van der Waals surface area contributed by atoms with E-state index < -0.39 is 42.1 Å². The van der Waals surface area contributed by atoms with E-state index in [1.165, 1.54) is 30.0 Å². The molecular formula is C27H35ClN4O7. The molecule has 3 fully saturated rings. The maximum atomic E-state index is 13.2. The topological polar surface area (TPSA) is 143 Å². The van der Waals surface area contributed by atoms with Crippen molar-refractivity contribution >= 4 is 46.7 Å². The Morgan fingerprint density at radius 2 is 1.85 bits per heavy atom. The summed E-state index contributed by atoms with van der Waals surface area (Å²) in [6.45, 7) is 3.11. The lowest BCUT2D eigenvalue weighted by molar-refractivity contribution is -0.163. The number of likely N-dealkylation sites (tertiary alicyclic amines) is 1. The van der Waals surface area contributed by atoms with Crippen molar-refractivity contribution in [3.05, 3.63) is 28.8 Å². The lowest BCUT2D eigenvalue weighted by Gasteiger charge is -2.30. The number of Topliss-reactive ketones (excluding diaryl/α,β-unsaturated/α-hetero) is 1. The van der Waals surface area contributed by atoms with Gasteiger partial charge in [-0.15, -0.1) is 0 Å². The lowest BCUT2D eigenvalue weighted by Crippen LogP contribution is -2.56. The summed E-state index contributed by atoms with van der Waals surface area (Å²) in [5.41, 5.74) is 0.585. The molecule has 0 aromatic heterocycles. The Kier molecular flexibility index (Phi) is 9.58. The minimum Gasteiger partial charge on any atom is -0.347 e. The number of amides is 4. The predicted octanol–water partition coefficient (Wildman–Crippen LogP) is 2.17. The van der Waals surface area contributed by atoms with Gasteiger partial charge in [-0.05, 0) is 50.8 Å². The molecule has 11 nitrogen and oxygen atoms in total. The van der Waals surface area contributed by atoms with Crippen LogP contribution in [-0.4, -0.2) is 78.0 Å². The van der Waals surface area contributed by atoms with Gasteiger partial charge in [-0.2, -0.15) is 0 Å². The summed E-state index contributed by atoms with van der Waals surface area (Å²) < 4.78 is 11.5. The fourth-order valence-corrected chi connectivity index (χ4v) is 5.48. The molecule has 1 aromatic rings. The second-order valence-corrected chi connectivity index (χ2v) is 10.7. The molecule has 4 atom stereocenters. The van der Waals surface area contributed by atoms with Crippen LogP contribution in [0.4, 0.5) is 5.69 Å². The first kappa shape index (κ1) is 29.0. The van der Waals surface area contributed by atoms with Gasteiger partial charge in [0.2, 0.25) is 17.7 Å². The summed E-state index contributed by atoms with van der Waals surface area (Å²) in [6.07, 6.45) is 5.29. The SMILES string of the molecule is CC(=O)Nc1ccc(C(=O)NC(C)C(=O)N2CCCC2C(=O)NC2C(=O)CO[C@H]2OC2CCCCC2)cc1Cl. The summed E-state index contributed by atoms with van der Waals surface area (Å²) in [5, 5.41) is 8.16. The highest BCUT2D eigenvalue weighted by Crippen LogP contribution is 2.26. The third kappa shape index (κ3) is 7.14. The lowest BCUT2D eigenvalue weighted by atomic mass is 9.98. The van der Waals surface area contributed by atoms with Gasteiger partial charge in [0, 0.05) is 19.0 Å². The molecule has 12 heteroatoms. The van der Waals surface area contributed by atoms with Gasteiger partial charge in [0.25, 0.3) is 5.91 Å². The first-order chi connectivity index (χ1) is 18.6. The van der Waals surface area contributed by atoms with Gasteiger partial charge in [0.05, 0.1) is 16.8 Å². The van der Waals surface area contributed by atoms with Crippen molar-refractivity contribution in [1.29, 1.82) is 0 Å². The van der Waals surface area contributed by atoms with E-state index in [0.29, 0.717) is 25.1 Å². The van der Waals surface area contributed by atoms with Crippen LogP contribution in [0.2, 0.25) is 5.02 Å². The Morgan fingerprint density at radius 3 is 2.54 bits per heavy atom. The summed E-state index contributed by atoms with van der Waals surface area (Å²) in [6, 6.07) is 1.79. The van der Waals surface area contributed by atoms with Crippen LogP contribution in [0.5, 0.6) is 0 Å². The number of ketones is 1. The standard InChI is InChI=1S/C27H35ClN4O7/c1-15(29-24(35)17-10-11-20(19(28)13-17)30-16(2)33)26(37)32-12-6-9-21(32)25(36)31-23-22(34)14-38-27(23)39-18-7-4-3-5-8-18/h10-11,13,15,18,21,23,27H,3-9,12,14H2,1-2H3,(H,29,35)(H,30,33)(H,31,36)/t15?,21?,23?,27-/m0/s1. The summed E-state index contributed by atoms with van der Waals surface area (Å²) in [5.74, 6) is -1.94. The van der Waals surface area contributed by atoms with E-state index in [9.17, 15) is 24.0 Å². The van der Waals surface area contributed by atoms with Crippen molar-refractivity contribution in [3.8, 4) is 0 Å². The number of carbonyl (C=O) groups excluding carboxylic acids is 5. The first-order valence-corrected chi connectivity index (χ1v) is 13.8. The molecule has 4 amide bonds. The molecule has 3 unspecified atom stereocenters. The first-order valence-electron chi connectivity index (χ1n) is 13.4. The monoisotopic (exact) mass is 562 g/mol. The maximum Gasteiger partial charge on any atom is 0.251 e.